The predicted octanol–water partition coefficient (Wildman–Crippen LogP) is 12.5. The fourth-order valence-corrected chi connectivity index (χ4v) is 7.36. The van der Waals surface area contributed by atoms with E-state index in [1.54, 1.807) is 0 Å². The van der Waals surface area contributed by atoms with Crippen LogP contribution < -0.4 is 0 Å². The van der Waals surface area contributed by atoms with Crippen LogP contribution in [0.15, 0.2) is 174 Å². The zero-order chi connectivity index (χ0) is 32.3. The zero-order valence-corrected chi connectivity index (χ0v) is 26.5. The third-order valence-electron chi connectivity index (χ3n) is 9.66. The third-order valence-corrected chi connectivity index (χ3v) is 9.66. The quantitative estimate of drug-likeness (QED) is 0.183. The van der Waals surface area contributed by atoms with Crippen molar-refractivity contribution >= 4 is 54.4 Å². The number of hydrogen-bond acceptors (Lipinski definition) is 3. The summed E-state index contributed by atoms with van der Waals surface area (Å²) in [4.78, 5) is 10.7. The van der Waals surface area contributed by atoms with Crippen molar-refractivity contribution in [3.63, 3.8) is 0 Å². The zero-order valence-electron chi connectivity index (χ0n) is 26.5. The van der Waals surface area contributed by atoms with E-state index in [2.05, 4.69) is 170 Å². The van der Waals surface area contributed by atoms with Crippen molar-refractivity contribution in [2.24, 2.45) is 0 Å². The lowest BCUT2D eigenvalue weighted by Gasteiger charge is -2.11. The maximum absolute atomic E-state index is 6.94. The minimum Gasteiger partial charge on any atom is -0.451 e. The van der Waals surface area contributed by atoms with E-state index in [-0.39, 0.29) is 0 Å². The van der Waals surface area contributed by atoms with Crippen LogP contribution in [0.25, 0.3) is 99.3 Å². The first kappa shape index (κ1) is 27.5. The van der Waals surface area contributed by atoms with Crippen molar-refractivity contribution < 1.29 is 4.42 Å². The van der Waals surface area contributed by atoms with E-state index in [1.165, 1.54) is 16.5 Å². The molecule has 0 aliphatic heterocycles. The normalized spacial score (nSPS) is 11.7. The lowest BCUT2D eigenvalue weighted by atomic mass is 9.96. The molecule has 3 nitrogen and oxygen atoms in total. The molecule has 0 aliphatic carbocycles. The van der Waals surface area contributed by atoms with E-state index in [4.69, 9.17) is 14.4 Å². The Hall–Kier alpha value is -6.58. The van der Waals surface area contributed by atoms with Gasteiger partial charge in [-0.05, 0) is 61.3 Å². The average Bonchev–Trinajstić information content (AvgIpc) is 3.58. The Morgan fingerprint density at radius 1 is 0.367 bits per heavy atom. The van der Waals surface area contributed by atoms with Crippen molar-refractivity contribution in [2.75, 3.05) is 0 Å². The Balaban J connectivity index is 1.28. The van der Waals surface area contributed by atoms with E-state index >= 15 is 0 Å². The fraction of sp³-hybridized carbons (Fsp3) is 0. The van der Waals surface area contributed by atoms with Crippen molar-refractivity contribution in [1.29, 1.82) is 0 Å². The lowest BCUT2D eigenvalue weighted by Crippen LogP contribution is -1.95. The molecule has 0 atom stereocenters. The molecule has 0 saturated carbocycles. The highest BCUT2D eigenvalue weighted by Crippen LogP contribution is 2.44. The topological polar surface area (TPSA) is 38.9 Å². The number of aromatic nitrogens is 2. The van der Waals surface area contributed by atoms with Crippen LogP contribution in [-0.4, -0.2) is 9.97 Å². The molecule has 10 aromatic rings. The van der Waals surface area contributed by atoms with Gasteiger partial charge in [0.05, 0.1) is 5.39 Å². The molecule has 2 heterocycles. The highest BCUT2D eigenvalue weighted by atomic mass is 16.3. The van der Waals surface area contributed by atoms with Crippen LogP contribution in [0.3, 0.4) is 0 Å². The second kappa shape index (κ2) is 11.0. The molecule has 228 valence electrons. The Morgan fingerprint density at radius 2 is 0.898 bits per heavy atom. The molecule has 0 radical (unpaired) electrons. The van der Waals surface area contributed by atoms with Gasteiger partial charge in [-0.1, -0.05) is 158 Å². The molecule has 8 aromatic carbocycles. The summed E-state index contributed by atoms with van der Waals surface area (Å²) in [5, 5.41) is 7.81. The Bertz CT molecular complexity index is 2880. The summed E-state index contributed by atoms with van der Waals surface area (Å²) in [6.45, 7) is 0. The number of nitrogens with zero attached hydrogens (tertiary/aromatic N) is 2. The van der Waals surface area contributed by atoms with Gasteiger partial charge in [0.1, 0.15) is 16.8 Å². The third kappa shape index (κ3) is 4.44. The molecule has 0 spiro atoms. The van der Waals surface area contributed by atoms with Gasteiger partial charge in [0.25, 0.3) is 0 Å². The number of hydrogen-bond donors (Lipinski definition) is 0. The summed E-state index contributed by atoms with van der Waals surface area (Å²) in [6.07, 6.45) is 0. The summed E-state index contributed by atoms with van der Waals surface area (Å²) in [6, 6.07) is 59.7. The molecular formula is C46H28N2O. The summed E-state index contributed by atoms with van der Waals surface area (Å²) in [5.74, 6) is 0.677. The first-order chi connectivity index (χ1) is 24.3. The van der Waals surface area contributed by atoms with Gasteiger partial charge in [-0.15, -0.1) is 0 Å². The summed E-state index contributed by atoms with van der Waals surface area (Å²) < 4.78 is 6.94. The number of rotatable bonds is 4. The number of fused-ring (bicyclic) bond motifs is 9. The largest absolute Gasteiger partial charge is 0.451 e. The minimum atomic E-state index is 0.677. The Kier molecular flexibility index (Phi) is 6.18. The average molecular weight is 625 g/mol. The maximum atomic E-state index is 6.94. The van der Waals surface area contributed by atoms with Gasteiger partial charge < -0.3 is 4.42 Å². The lowest BCUT2D eigenvalue weighted by molar-refractivity contribution is 0.671. The highest BCUT2D eigenvalue weighted by molar-refractivity contribution is 6.30. The van der Waals surface area contributed by atoms with E-state index in [1.807, 2.05) is 0 Å². The standard InChI is InChI=1S/C46H28N2O/c1-2-13-29(14-3-1)31-17-10-18-32(27-31)33-19-11-20-34(28-33)42-45-43(48-46(47-42)40-26-12-16-30-15-4-5-21-35(30)40)41-38-24-8-6-22-36(38)37-23-7-9-25-39(37)44(41)49-45/h1-28H. The van der Waals surface area contributed by atoms with Crippen LogP contribution in [-0.2, 0) is 0 Å². The van der Waals surface area contributed by atoms with Crippen LogP contribution >= 0.6 is 0 Å². The van der Waals surface area contributed by atoms with Gasteiger partial charge in [0.15, 0.2) is 11.4 Å². The van der Waals surface area contributed by atoms with Gasteiger partial charge in [-0.2, -0.15) is 0 Å². The maximum Gasteiger partial charge on any atom is 0.180 e. The van der Waals surface area contributed by atoms with E-state index in [0.717, 1.165) is 71.4 Å². The molecule has 0 bridgehead atoms. The van der Waals surface area contributed by atoms with Crippen LogP contribution in [0, 0.1) is 0 Å². The van der Waals surface area contributed by atoms with Crippen LogP contribution in [0.5, 0.6) is 0 Å². The molecule has 3 heteroatoms. The molecule has 10 rings (SSSR count). The Morgan fingerprint density at radius 3 is 1.67 bits per heavy atom. The van der Waals surface area contributed by atoms with Gasteiger partial charge in [-0.3, -0.25) is 0 Å². The molecule has 0 saturated heterocycles. The summed E-state index contributed by atoms with van der Waals surface area (Å²) in [7, 11) is 0. The van der Waals surface area contributed by atoms with E-state index in [9.17, 15) is 0 Å². The number of furan rings is 1. The van der Waals surface area contributed by atoms with Crippen LogP contribution in [0.4, 0.5) is 0 Å². The predicted molar refractivity (Wildman–Crippen MR) is 204 cm³/mol. The van der Waals surface area contributed by atoms with E-state index < -0.39 is 0 Å². The van der Waals surface area contributed by atoms with Gasteiger partial charge >= 0.3 is 0 Å². The minimum absolute atomic E-state index is 0.677. The molecule has 0 unspecified atom stereocenters. The second-order valence-corrected chi connectivity index (χ2v) is 12.5. The first-order valence-electron chi connectivity index (χ1n) is 16.6. The van der Waals surface area contributed by atoms with Gasteiger partial charge in [-0.25, -0.2) is 9.97 Å². The SMILES string of the molecule is c1ccc(-c2cccc(-c3cccc(-c4nc(-c5cccc6ccccc56)nc5c4oc4c6ccccc6c6ccccc6c54)c3)c2)cc1. The van der Waals surface area contributed by atoms with Gasteiger partial charge in [0, 0.05) is 16.5 Å². The summed E-state index contributed by atoms with van der Waals surface area (Å²) >= 11 is 0. The molecule has 49 heavy (non-hydrogen) atoms. The fourth-order valence-electron chi connectivity index (χ4n) is 7.36. The molecule has 0 amide bonds. The van der Waals surface area contributed by atoms with Crippen LogP contribution in [0.1, 0.15) is 0 Å². The highest BCUT2D eigenvalue weighted by Gasteiger charge is 2.23. The first-order valence-corrected chi connectivity index (χ1v) is 16.6. The van der Waals surface area contributed by atoms with Crippen molar-refractivity contribution in [1.82, 2.24) is 9.97 Å². The van der Waals surface area contributed by atoms with E-state index in [0.29, 0.717) is 11.4 Å². The molecular weight excluding hydrogens is 597 g/mol. The Labute approximate surface area is 282 Å². The molecule has 0 fully saturated rings. The van der Waals surface area contributed by atoms with Crippen molar-refractivity contribution in [3.8, 4) is 44.9 Å². The smallest absolute Gasteiger partial charge is 0.180 e. The number of benzene rings is 8. The van der Waals surface area contributed by atoms with Crippen LogP contribution in [0.2, 0.25) is 0 Å². The van der Waals surface area contributed by atoms with Crippen molar-refractivity contribution in [2.45, 2.75) is 0 Å². The molecule has 2 aromatic heterocycles. The monoisotopic (exact) mass is 624 g/mol. The van der Waals surface area contributed by atoms with Gasteiger partial charge in [0.2, 0.25) is 0 Å². The molecule has 0 N–H and O–H groups in total. The second-order valence-electron chi connectivity index (χ2n) is 12.5. The van der Waals surface area contributed by atoms with Crippen molar-refractivity contribution in [3.05, 3.63) is 170 Å². The molecule has 0 aliphatic rings. The summed E-state index contributed by atoms with van der Waals surface area (Å²) in [5.41, 5.74) is 9.72.